The van der Waals surface area contributed by atoms with Gasteiger partial charge in [-0.1, -0.05) is 0 Å². The quantitative estimate of drug-likeness (QED) is 0.856. The number of nitrogens with zero attached hydrogens (tertiary/aromatic N) is 1. The average molecular weight is 345 g/mol. The fourth-order valence-electron chi connectivity index (χ4n) is 3.11. The van der Waals surface area contributed by atoms with E-state index >= 15 is 0 Å². The van der Waals surface area contributed by atoms with Gasteiger partial charge in [-0.25, -0.2) is 18.1 Å². The van der Waals surface area contributed by atoms with Crippen LogP contribution in [0.2, 0.25) is 0 Å². The normalized spacial score (nSPS) is 20.0. The minimum absolute atomic E-state index is 0.227. The summed E-state index contributed by atoms with van der Waals surface area (Å²) in [5.41, 5.74) is 1.25. The van der Waals surface area contributed by atoms with E-state index in [1.54, 1.807) is 11.3 Å². The molecule has 1 aromatic rings. The zero-order valence-corrected chi connectivity index (χ0v) is 14.5. The Hall–Kier alpha value is -0.500. The van der Waals surface area contributed by atoms with Crippen LogP contribution in [0.4, 0.5) is 0 Å². The number of fused-ring (bicyclic) bond motifs is 1. The first-order chi connectivity index (χ1) is 10.6. The van der Waals surface area contributed by atoms with E-state index in [0.29, 0.717) is 26.2 Å². The van der Waals surface area contributed by atoms with Crippen molar-refractivity contribution in [2.75, 3.05) is 25.5 Å². The van der Waals surface area contributed by atoms with E-state index in [1.807, 2.05) is 0 Å². The van der Waals surface area contributed by atoms with Crippen molar-refractivity contribution in [2.24, 2.45) is 5.92 Å². The van der Waals surface area contributed by atoms with Gasteiger partial charge in [-0.05, 0) is 44.4 Å². The van der Waals surface area contributed by atoms with Crippen molar-refractivity contribution in [3.63, 3.8) is 0 Å². The van der Waals surface area contributed by atoms with Gasteiger partial charge in [0, 0.05) is 31.1 Å². The zero-order valence-electron chi connectivity index (χ0n) is 12.8. The highest BCUT2D eigenvalue weighted by molar-refractivity contribution is 7.89. The van der Waals surface area contributed by atoms with Crippen LogP contribution in [0.1, 0.15) is 41.3 Å². The number of nitrogens with one attached hydrogen (secondary N) is 1. The van der Waals surface area contributed by atoms with Crippen LogP contribution >= 0.6 is 11.3 Å². The summed E-state index contributed by atoms with van der Waals surface area (Å²) < 4.78 is 32.2. The maximum Gasteiger partial charge on any atom is 0.211 e. The number of rotatable bonds is 6. The van der Waals surface area contributed by atoms with Crippen molar-refractivity contribution in [1.29, 1.82) is 0 Å². The Balaban J connectivity index is 1.46. The van der Waals surface area contributed by atoms with Crippen LogP contribution in [0.5, 0.6) is 0 Å². The second-order valence-electron chi connectivity index (χ2n) is 6.17. The van der Waals surface area contributed by atoms with Gasteiger partial charge in [0.1, 0.15) is 0 Å². The molecular formula is C15H24N2O3S2. The van der Waals surface area contributed by atoms with Gasteiger partial charge in [0.2, 0.25) is 10.0 Å². The third kappa shape index (κ3) is 4.50. The Kier molecular flexibility index (Phi) is 5.49. The predicted octanol–water partition coefficient (Wildman–Crippen LogP) is 1.91. The lowest BCUT2D eigenvalue weighted by Gasteiger charge is -2.21. The van der Waals surface area contributed by atoms with Crippen LogP contribution in [-0.2, 0) is 34.0 Å². The summed E-state index contributed by atoms with van der Waals surface area (Å²) in [7, 11) is -3.18. The monoisotopic (exact) mass is 344 g/mol. The van der Waals surface area contributed by atoms with E-state index in [4.69, 9.17) is 4.74 Å². The van der Waals surface area contributed by atoms with Crippen LogP contribution in [-0.4, -0.2) is 38.9 Å². The standard InChI is InChI=1S/C15H24N2O3S2/c18-22(19,11-12-6-9-20-10-7-12)16-8-5-15-17-13-3-1-2-4-14(13)21-15/h12,16H,1-11H2. The molecule has 2 heterocycles. The molecule has 5 nitrogen and oxygen atoms in total. The third-order valence-electron chi connectivity index (χ3n) is 4.35. The molecule has 0 atom stereocenters. The Bertz CT molecular complexity index is 568. The molecule has 3 rings (SSSR count). The molecule has 0 amide bonds. The molecule has 1 aliphatic heterocycles. The third-order valence-corrected chi connectivity index (χ3v) is 7.12. The van der Waals surface area contributed by atoms with Crippen molar-refractivity contribution < 1.29 is 13.2 Å². The Morgan fingerprint density at radius 3 is 2.77 bits per heavy atom. The molecule has 0 aromatic carbocycles. The molecule has 0 unspecified atom stereocenters. The minimum Gasteiger partial charge on any atom is -0.381 e. The van der Waals surface area contributed by atoms with E-state index in [9.17, 15) is 8.42 Å². The molecule has 1 aromatic heterocycles. The Labute approximate surface area is 136 Å². The number of aryl methyl sites for hydroxylation is 2. The zero-order chi connectivity index (χ0) is 15.4. The molecule has 2 aliphatic rings. The molecule has 1 aliphatic carbocycles. The van der Waals surface area contributed by atoms with Crippen LogP contribution in [0.25, 0.3) is 0 Å². The van der Waals surface area contributed by atoms with Gasteiger partial charge in [-0.15, -0.1) is 11.3 Å². The van der Waals surface area contributed by atoms with Crippen LogP contribution in [0.15, 0.2) is 0 Å². The van der Waals surface area contributed by atoms with Gasteiger partial charge < -0.3 is 4.74 Å². The predicted molar refractivity (Wildman–Crippen MR) is 87.8 cm³/mol. The second kappa shape index (κ2) is 7.38. The molecule has 1 fully saturated rings. The van der Waals surface area contributed by atoms with E-state index in [2.05, 4.69) is 9.71 Å². The molecule has 0 radical (unpaired) electrons. The SMILES string of the molecule is O=S(=O)(CC1CCOCC1)NCCc1nc2c(s1)CCCC2. The molecule has 0 spiro atoms. The summed E-state index contributed by atoms with van der Waals surface area (Å²) in [6, 6.07) is 0. The van der Waals surface area contributed by atoms with E-state index in [1.165, 1.54) is 23.4 Å². The molecular weight excluding hydrogens is 320 g/mol. The maximum absolute atomic E-state index is 12.1. The van der Waals surface area contributed by atoms with Gasteiger partial charge >= 0.3 is 0 Å². The number of hydrogen-bond donors (Lipinski definition) is 1. The number of ether oxygens (including phenoxy) is 1. The molecule has 1 saturated heterocycles. The fraction of sp³-hybridized carbons (Fsp3) is 0.800. The molecule has 0 saturated carbocycles. The number of aromatic nitrogens is 1. The summed E-state index contributed by atoms with van der Waals surface area (Å²) >= 11 is 1.76. The molecule has 1 N–H and O–H groups in total. The highest BCUT2D eigenvalue weighted by Crippen LogP contribution is 2.26. The highest BCUT2D eigenvalue weighted by atomic mass is 32.2. The average Bonchev–Trinajstić information content (AvgIpc) is 2.90. The van der Waals surface area contributed by atoms with E-state index < -0.39 is 10.0 Å². The summed E-state index contributed by atoms with van der Waals surface area (Å²) in [6.45, 7) is 1.83. The maximum atomic E-state index is 12.1. The first kappa shape index (κ1) is 16.4. The van der Waals surface area contributed by atoms with Crippen molar-refractivity contribution in [3.8, 4) is 0 Å². The summed E-state index contributed by atoms with van der Waals surface area (Å²) in [5.74, 6) is 0.462. The van der Waals surface area contributed by atoms with Gasteiger partial charge in [0.15, 0.2) is 0 Å². The molecule has 22 heavy (non-hydrogen) atoms. The van der Waals surface area contributed by atoms with Gasteiger partial charge in [0.05, 0.1) is 16.5 Å². The second-order valence-corrected chi connectivity index (χ2v) is 9.19. The number of sulfonamides is 1. The van der Waals surface area contributed by atoms with Crippen molar-refractivity contribution in [1.82, 2.24) is 9.71 Å². The Morgan fingerprint density at radius 1 is 1.23 bits per heavy atom. The first-order valence-electron chi connectivity index (χ1n) is 8.15. The minimum atomic E-state index is -3.18. The van der Waals surface area contributed by atoms with Crippen molar-refractivity contribution >= 4 is 21.4 Å². The topological polar surface area (TPSA) is 68.3 Å². The molecule has 7 heteroatoms. The van der Waals surface area contributed by atoms with Crippen molar-refractivity contribution in [3.05, 3.63) is 15.6 Å². The van der Waals surface area contributed by atoms with Crippen LogP contribution in [0, 0.1) is 5.92 Å². The van der Waals surface area contributed by atoms with Gasteiger partial charge in [-0.2, -0.15) is 0 Å². The van der Waals surface area contributed by atoms with Crippen LogP contribution in [0.3, 0.4) is 0 Å². The number of hydrogen-bond acceptors (Lipinski definition) is 5. The largest absolute Gasteiger partial charge is 0.381 e. The summed E-state index contributed by atoms with van der Waals surface area (Å²) in [4.78, 5) is 6.06. The van der Waals surface area contributed by atoms with E-state index in [0.717, 1.165) is 30.7 Å². The molecule has 0 bridgehead atoms. The lowest BCUT2D eigenvalue weighted by molar-refractivity contribution is 0.0723. The Morgan fingerprint density at radius 2 is 2.00 bits per heavy atom. The van der Waals surface area contributed by atoms with Crippen LogP contribution < -0.4 is 4.72 Å². The number of thiazole rings is 1. The fourth-order valence-corrected chi connectivity index (χ4v) is 5.75. The smallest absolute Gasteiger partial charge is 0.211 e. The first-order valence-corrected chi connectivity index (χ1v) is 10.6. The highest BCUT2D eigenvalue weighted by Gasteiger charge is 2.21. The van der Waals surface area contributed by atoms with Gasteiger partial charge in [0.25, 0.3) is 0 Å². The lowest BCUT2D eigenvalue weighted by Crippen LogP contribution is -2.33. The van der Waals surface area contributed by atoms with Gasteiger partial charge in [-0.3, -0.25) is 0 Å². The summed E-state index contributed by atoms with van der Waals surface area (Å²) in [5, 5.41) is 1.07. The lowest BCUT2D eigenvalue weighted by atomic mass is 10.0. The molecule has 124 valence electrons. The van der Waals surface area contributed by atoms with Crippen molar-refractivity contribution in [2.45, 2.75) is 44.9 Å². The van der Waals surface area contributed by atoms with E-state index in [-0.39, 0.29) is 11.7 Å². The summed E-state index contributed by atoms with van der Waals surface area (Å²) in [6.07, 6.45) is 7.11.